The summed E-state index contributed by atoms with van der Waals surface area (Å²) in [5.41, 5.74) is 0. The number of carbonyl (C=O) groups excluding carboxylic acids is 1. The van der Waals surface area contributed by atoms with Gasteiger partial charge in [-0.15, -0.1) is 23.5 Å². The summed E-state index contributed by atoms with van der Waals surface area (Å²) in [5.74, 6) is 1.66. The fraction of sp³-hybridized carbons (Fsp3) is 0.909. The topological polar surface area (TPSA) is 17.1 Å². The highest BCUT2D eigenvalue weighted by Gasteiger charge is 2.19. The van der Waals surface area contributed by atoms with E-state index in [1.807, 2.05) is 0 Å². The van der Waals surface area contributed by atoms with Crippen molar-refractivity contribution in [2.75, 3.05) is 15.9 Å². The summed E-state index contributed by atoms with van der Waals surface area (Å²) in [5, 5.41) is 0. The zero-order valence-electron chi connectivity index (χ0n) is 10.2. The van der Waals surface area contributed by atoms with Gasteiger partial charge in [0, 0.05) is 13.9 Å². The van der Waals surface area contributed by atoms with Gasteiger partial charge >= 0.3 is 0 Å². The molecule has 0 aliphatic rings. The molecular weight excluding hydrogens is 339 g/mol. The van der Waals surface area contributed by atoms with Crippen LogP contribution in [0.5, 0.6) is 0 Å². The van der Waals surface area contributed by atoms with Gasteiger partial charge in [-0.05, 0) is 13.8 Å². The van der Waals surface area contributed by atoms with Gasteiger partial charge in [0.25, 0.3) is 0 Å². The zero-order valence-corrected chi connectivity index (χ0v) is 14.0. The van der Waals surface area contributed by atoms with Crippen molar-refractivity contribution in [1.29, 1.82) is 0 Å². The van der Waals surface area contributed by atoms with Crippen molar-refractivity contribution in [1.82, 2.24) is 0 Å². The van der Waals surface area contributed by atoms with Crippen LogP contribution in [-0.2, 0) is 4.79 Å². The normalized spacial score (nSPS) is 12.9. The minimum absolute atomic E-state index is 0.194. The fourth-order valence-corrected chi connectivity index (χ4v) is 2.87. The quantitative estimate of drug-likeness (QED) is 0.526. The first-order valence-electron chi connectivity index (χ1n) is 5.02. The SMILES string of the molecule is CC(C)(C)SCC(=O)CSC(C)(C)CI. The first kappa shape index (κ1) is 16.1. The first-order valence-corrected chi connectivity index (χ1v) is 8.51. The minimum Gasteiger partial charge on any atom is -0.298 e. The Kier molecular flexibility index (Phi) is 7.24. The lowest BCUT2D eigenvalue weighted by Crippen LogP contribution is -2.21. The molecule has 0 saturated carbocycles. The van der Waals surface area contributed by atoms with Crippen LogP contribution in [-0.4, -0.2) is 31.2 Å². The average molecular weight is 360 g/mol. The van der Waals surface area contributed by atoms with E-state index < -0.39 is 0 Å². The number of hydrogen-bond donors (Lipinski definition) is 0. The maximum Gasteiger partial charge on any atom is 0.152 e. The largest absolute Gasteiger partial charge is 0.298 e. The van der Waals surface area contributed by atoms with Gasteiger partial charge in [0.2, 0.25) is 0 Å². The van der Waals surface area contributed by atoms with Gasteiger partial charge in [0.05, 0.1) is 11.5 Å². The van der Waals surface area contributed by atoms with E-state index in [1.54, 1.807) is 23.5 Å². The molecule has 15 heavy (non-hydrogen) atoms. The highest BCUT2D eigenvalue weighted by atomic mass is 127. The molecule has 0 bridgehead atoms. The molecule has 0 aromatic rings. The number of halogens is 1. The maximum absolute atomic E-state index is 11.6. The van der Waals surface area contributed by atoms with Crippen LogP contribution in [0.3, 0.4) is 0 Å². The Hall–Kier alpha value is 1.10. The van der Waals surface area contributed by atoms with Gasteiger partial charge in [-0.25, -0.2) is 0 Å². The van der Waals surface area contributed by atoms with Crippen LogP contribution in [0.15, 0.2) is 0 Å². The fourth-order valence-electron chi connectivity index (χ4n) is 0.653. The van der Waals surface area contributed by atoms with Crippen LogP contribution < -0.4 is 0 Å². The Bertz CT molecular complexity index is 209. The van der Waals surface area contributed by atoms with E-state index in [2.05, 4.69) is 57.2 Å². The highest BCUT2D eigenvalue weighted by molar-refractivity contribution is 14.1. The van der Waals surface area contributed by atoms with Crippen LogP contribution in [0.25, 0.3) is 0 Å². The molecule has 0 rings (SSSR count). The van der Waals surface area contributed by atoms with Crippen molar-refractivity contribution >= 4 is 51.9 Å². The summed E-state index contributed by atoms with van der Waals surface area (Å²) in [6.07, 6.45) is 0. The molecule has 1 nitrogen and oxygen atoms in total. The molecule has 4 heteroatoms. The molecule has 0 spiro atoms. The molecule has 0 aliphatic carbocycles. The van der Waals surface area contributed by atoms with Crippen LogP contribution in [0, 0.1) is 0 Å². The molecular formula is C11H21IOS2. The number of alkyl halides is 1. The molecule has 0 radical (unpaired) electrons. The number of thioether (sulfide) groups is 2. The zero-order chi connectivity index (χ0) is 12.1. The lowest BCUT2D eigenvalue weighted by atomic mass is 10.3. The van der Waals surface area contributed by atoms with Crippen molar-refractivity contribution in [3.63, 3.8) is 0 Å². The molecule has 90 valence electrons. The van der Waals surface area contributed by atoms with E-state index in [4.69, 9.17) is 0 Å². The van der Waals surface area contributed by atoms with E-state index in [9.17, 15) is 4.79 Å². The van der Waals surface area contributed by atoms with Gasteiger partial charge < -0.3 is 0 Å². The minimum atomic E-state index is 0.194. The molecule has 0 heterocycles. The second-order valence-corrected chi connectivity index (χ2v) is 9.37. The Morgan fingerprint density at radius 3 is 1.93 bits per heavy atom. The summed E-state index contributed by atoms with van der Waals surface area (Å²) in [6.45, 7) is 10.8. The molecule has 0 atom stereocenters. The molecule has 0 aromatic carbocycles. The van der Waals surface area contributed by atoms with Gasteiger partial charge in [-0.3, -0.25) is 4.79 Å². The number of hydrogen-bond acceptors (Lipinski definition) is 3. The first-order chi connectivity index (χ1) is 6.66. The van der Waals surface area contributed by atoms with E-state index in [-0.39, 0.29) is 9.49 Å². The summed E-state index contributed by atoms with van der Waals surface area (Å²) in [6, 6.07) is 0. The maximum atomic E-state index is 11.6. The lowest BCUT2D eigenvalue weighted by Gasteiger charge is -2.21. The highest BCUT2D eigenvalue weighted by Crippen LogP contribution is 2.28. The average Bonchev–Trinajstić information content (AvgIpc) is 2.10. The van der Waals surface area contributed by atoms with Crippen molar-refractivity contribution in [3.8, 4) is 0 Å². The summed E-state index contributed by atoms with van der Waals surface area (Å²) in [7, 11) is 0. The smallest absolute Gasteiger partial charge is 0.152 e. The molecule has 0 aromatic heterocycles. The number of rotatable bonds is 6. The van der Waals surface area contributed by atoms with E-state index in [0.29, 0.717) is 17.3 Å². The van der Waals surface area contributed by atoms with Crippen molar-refractivity contribution < 1.29 is 4.79 Å². The Labute approximate surface area is 116 Å². The third-order valence-electron chi connectivity index (χ3n) is 1.61. The van der Waals surface area contributed by atoms with Crippen molar-refractivity contribution in [3.05, 3.63) is 0 Å². The molecule has 0 aliphatic heterocycles. The third-order valence-corrected chi connectivity index (χ3v) is 6.76. The molecule has 0 saturated heterocycles. The van der Waals surface area contributed by atoms with Gasteiger partial charge in [-0.2, -0.15) is 0 Å². The van der Waals surface area contributed by atoms with Crippen LogP contribution in [0.2, 0.25) is 0 Å². The predicted octanol–water partition coefficient (Wildman–Crippen LogP) is 4.03. The van der Waals surface area contributed by atoms with Crippen molar-refractivity contribution in [2.45, 2.75) is 44.1 Å². The Balaban J connectivity index is 3.77. The summed E-state index contributed by atoms with van der Waals surface area (Å²) < 4.78 is 1.50. The van der Waals surface area contributed by atoms with E-state index in [0.717, 1.165) is 4.43 Å². The number of ketones is 1. The van der Waals surface area contributed by atoms with Gasteiger partial charge in [0.1, 0.15) is 0 Å². The second kappa shape index (κ2) is 6.74. The molecule has 0 unspecified atom stereocenters. The van der Waals surface area contributed by atoms with E-state index in [1.165, 1.54) is 0 Å². The van der Waals surface area contributed by atoms with Gasteiger partial charge in [-0.1, -0.05) is 43.4 Å². The Morgan fingerprint density at radius 2 is 1.53 bits per heavy atom. The third kappa shape index (κ3) is 10.00. The van der Waals surface area contributed by atoms with Crippen LogP contribution in [0.1, 0.15) is 34.6 Å². The molecule has 0 N–H and O–H groups in total. The summed E-state index contributed by atoms with van der Waals surface area (Å²) in [4.78, 5) is 11.6. The lowest BCUT2D eigenvalue weighted by molar-refractivity contribution is -0.114. The van der Waals surface area contributed by atoms with Crippen LogP contribution >= 0.6 is 46.1 Å². The Morgan fingerprint density at radius 1 is 1.07 bits per heavy atom. The van der Waals surface area contributed by atoms with Crippen LogP contribution in [0.4, 0.5) is 0 Å². The van der Waals surface area contributed by atoms with E-state index >= 15 is 0 Å². The standard InChI is InChI=1S/C11H21IOS2/c1-10(2,3)14-6-9(13)7-15-11(4,5)8-12/h6-8H2,1-5H3. The summed E-state index contributed by atoms with van der Waals surface area (Å²) >= 11 is 5.88. The molecule has 0 amide bonds. The van der Waals surface area contributed by atoms with Gasteiger partial charge in [0.15, 0.2) is 5.78 Å². The monoisotopic (exact) mass is 360 g/mol. The van der Waals surface area contributed by atoms with Crippen molar-refractivity contribution in [2.24, 2.45) is 0 Å². The second-order valence-electron chi connectivity index (χ2n) is 5.12. The predicted molar refractivity (Wildman–Crippen MR) is 82.6 cm³/mol. The number of Topliss-reactive ketones (excluding diaryl/α,β-unsaturated/α-hetero) is 1. The molecule has 0 fully saturated rings. The number of carbonyl (C=O) groups is 1.